The van der Waals surface area contributed by atoms with Crippen LogP contribution in [0.15, 0.2) is 0 Å². The number of aryl methyl sites for hydroxylation is 2. The maximum Gasteiger partial charge on any atom is 0.178 e. The van der Waals surface area contributed by atoms with Gasteiger partial charge in [0.1, 0.15) is 11.3 Å². The number of nitrogens with zero attached hydrogens (tertiary/aromatic N) is 5. The van der Waals surface area contributed by atoms with Crippen LogP contribution in [0.2, 0.25) is 0 Å². The van der Waals surface area contributed by atoms with E-state index in [-0.39, 0.29) is 5.38 Å². The highest BCUT2D eigenvalue weighted by atomic mass is 35.5. The Bertz CT molecular complexity index is 538. The zero-order valence-corrected chi connectivity index (χ0v) is 11.7. The molecule has 17 heavy (non-hydrogen) atoms. The summed E-state index contributed by atoms with van der Waals surface area (Å²) in [4.78, 5) is 4.61. The number of fused-ring (bicyclic) bond motifs is 1. The molecule has 0 bridgehead atoms. The molecule has 2 rings (SSSR count). The smallest absolute Gasteiger partial charge is 0.178 e. The van der Waals surface area contributed by atoms with Gasteiger partial charge in [0.2, 0.25) is 0 Å². The molecule has 0 aliphatic carbocycles. The van der Waals surface area contributed by atoms with Gasteiger partial charge in [-0.05, 0) is 20.8 Å². The second-order valence-electron chi connectivity index (χ2n) is 4.32. The van der Waals surface area contributed by atoms with E-state index in [4.69, 9.17) is 11.6 Å². The monoisotopic (exact) mass is 255 g/mol. The van der Waals surface area contributed by atoms with E-state index in [1.54, 1.807) is 0 Å². The van der Waals surface area contributed by atoms with Crippen LogP contribution in [0.4, 0.5) is 0 Å². The van der Waals surface area contributed by atoms with E-state index >= 15 is 0 Å². The molecule has 5 nitrogen and oxygen atoms in total. The van der Waals surface area contributed by atoms with Crippen LogP contribution in [-0.2, 0) is 6.54 Å². The van der Waals surface area contributed by atoms with Gasteiger partial charge in [0, 0.05) is 20.6 Å². The number of halogens is 1. The SMILES string of the molecule is CCn1nc(C)c2nc(C(C)Cl)n(N(C)C)c21. The molecule has 6 heteroatoms. The van der Waals surface area contributed by atoms with Gasteiger partial charge in [-0.3, -0.25) is 0 Å². The largest absolute Gasteiger partial charge is 0.316 e. The van der Waals surface area contributed by atoms with E-state index in [1.807, 2.05) is 42.3 Å². The topological polar surface area (TPSA) is 38.9 Å². The number of hydrogen-bond donors (Lipinski definition) is 0. The zero-order chi connectivity index (χ0) is 12.7. The van der Waals surface area contributed by atoms with Gasteiger partial charge in [-0.1, -0.05) is 0 Å². The van der Waals surface area contributed by atoms with Crippen LogP contribution in [-0.4, -0.2) is 33.5 Å². The minimum Gasteiger partial charge on any atom is -0.316 e. The van der Waals surface area contributed by atoms with Gasteiger partial charge in [0.15, 0.2) is 5.65 Å². The van der Waals surface area contributed by atoms with Gasteiger partial charge in [-0.2, -0.15) is 5.10 Å². The van der Waals surface area contributed by atoms with E-state index in [2.05, 4.69) is 17.0 Å². The molecule has 0 aliphatic rings. The molecule has 0 radical (unpaired) electrons. The van der Waals surface area contributed by atoms with Gasteiger partial charge in [-0.25, -0.2) is 14.3 Å². The molecule has 0 fully saturated rings. The van der Waals surface area contributed by atoms with Crippen molar-refractivity contribution >= 4 is 22.8 Å². The number of alkyl halides is 1. The first-order valence-electron chi connectivity index (χ1n) is 5.74. The van der Waals surface area contributed by atoms with Gasteiger partial charge in [-0.15, -0.1) is 11.6 Å². The molecule has 0 N–H and O–H groups in total. The van der Waals surface area contributed by atoms with Crippen LogP contribution in [0, 0.1) is 6.92 Å². The van der Waals surface area contributed by atoms with Crippen molar-refractivity contribution in [3.8, 4) is 0 Å². The molecule has 0 aliphatic heterocycles. The fourth-order valence-corrected chi connectivity index (χ4v) is 2.18. The predicted octanol–water partition coefficient (Wildman–Crippen LogP) is 2.06. The molecular weight excluding hydrogens is 238 g/mol. The normalized spacial score (nSPS) is 13.3. The van der Waals surface area contributed by atoms with Gasteiger partial charge >= 0.3 is 0 Å². The summed E-state index contributed by atoms with van der Waals surface area (Å²) in [5, 5.41) is 6.33. The Kier molecular flexibility index (Phi) is 3.03. The summed E-state index contributed by atoms with van der Waals surface area (Å²) in [6.07, 6.45) is 0. The van der Waals surface area contributed by atoms with Crippen molar-refractivity contribution < 1.29 is 0 Å². The number of aromatic nitrogens is 4. The molecule has 2 aromatic rings. The molecular formula is C11H18ClN5. The first-order valence-corrected chi connectivity index (χ1v) is 6.18. The van der Waals surface area contributed by atoms with E-state index in [1.165, 1.54) is 0 Å². The highest BCUT2D eigenvalue weighted by Gasteiger charge is 2.21. The Balaban J connectivity index is 2.82. The number of hydrogen-bond acceptors (Lipinski definition) is 3. The van der Waals surface area contributed by atoms with Crippen molar-refractivity contribution in [2.24, 2.45) is 0 Å². The Labute approximate surface area is 106 Å². The summed E-state index contributed by atoms with van der Waals surface area (Å²) in [5.74, 6) is 0.856. The quantitative estimate of drug-likeness (QED) is 0.788. The lowest BCUT2D eigenvalue weighted by Gasteiger charge is -2.19. The highest BCUT2D eigenvalue weighted by molar-refractivity contribution is 6.20. The molecule has 0 saturated heterocycles. The lowest BCUT2D eigenvalue weighted by molar-refractivity contribution is 0.618. The molecule has 94 valence electrons. The van der Waals surface area contributed by atoms with Crippen molar-refractivity contribution in [3.63, 3.8) is 0 Å². The fourth-order valence-electron chi connectivity index (χ4n) is 2.04. The summed E-state index contributed by atoms with van der Waals surface area (Å²) >= 11 is 6.19. The maximum atomic E-state index is 6.19. The second-order valence-corrected chi connectivity index (χ2v) is 4.97. The number of rotatable bonds is 3. The van der Waals surface area contributed by atoms with Crippen molar-refractivity contribution in [3.05, 3.63) is 11.5 Å². The Morgan fingerprint density at radius 3 is 2.53 bits per heavy atom. The summed E-state index contributed by atoms with van der Waals surface area (Å²) < 4.78 is 3.98. The standard InChI is InChI=1S/C11H18ClN5/c1-6-16-11-9(8(3)14-16)13-10(7(2)12)17(11)15(4)5/h7H,6H2,1-5H3. The maximum absolute atomic E-state index is 6.19. The van der Waals surface area contributed by atoms with Crippen LogP contribution in [0.25, 0.3) is 11.2 Å². The van der Waals surface area contributed by atoms with Gasteiger partial charge < -0.3 is 5.01 Å². The fraction of sp³-hybridized carbons (Fsp3) is 0.636. The third-order valence-electron chi connectivity index (χ3n) is 2.77. The van der Waals surface area contributed by atoms with Crippen LogP contribution in [0.5, 0.6) is 0 Å². The van der Waals surface area contributed by atoms with E-state index < -0.39 is 0 Å². The molecule has 2 aromatic heterocycles. The van der Waals surface area contributed by atoms with Crippen molar-refractivity contribution in [2.45, 2.75) is 32.7 Å². The van der Waals surface area contributed by atoms with Crippen LogP contribution >= 0.6 is 11.6 Å². The minimum atomic E-state index is -0.130. The summed E-state index contributed by atoms with van der Waals surface area (Å²) in [5.41, 5.74) is 2.89. The summed E-state index contributed by atoms with van der Waals surface area (Å²) in [7, 11) is 3.96. The van der Waals surface area contributed by atoms with Gasteiger partial charge in [0.05, 0.1) is 11.1 Å². The van der Waals surface area contributed by atoms with Gasteiger partial charge in [0.25, 0.3) is 0 Å². The van der Waals surface area contributed by atoms with Crippen molar-refractivity contribution in [1.29, 1.82) is 0 Å². The molecule has 2 heterocycles. The molecule has 1 atom stereocenters. The molecule has 0 saturated carbocycles. The lowest BCUT2D eigenvalue weighted by atomic mass is 10.4. The van der Waals surface area contributed by atoms with E-state index in [9.17, 15) is 0 Å². The molecule has 0 amide bonds. The molecule has 0 spiro atoms. The molecule has 0 aromatic carbocycles. The molecule has 1 unspecified atom stereocenters. The summed E-state index contributed by atoms with van der Waals surface area (Å²) in [6.45, 7) is 6.80. The first-order chi connectivity index (χ1) is 7.97. The predicted molar refractivity (Wildman–Crippen MR) is 70.3 cm³/mol. The summed E-state index contributed by atoms with van der Waals surface area (Å²) in [6, 6.07) is 0. The van der Waals surface area contributed by atoms with Crippen molar-refractivity contribution in [1.82, 2.24) is 19.4 Å². The Morgan fingerprint density at radius 1 is 1.41 bits per heavy atom. The van der Waals surface area contributed by atoms with Crippen LogP contribution < -0.4 is 5.01 Å². The minimum absolute atomic E-state index is 0.130. The third-order valence-corrected chi connectivity index (χ3v) is 2.96. The average molecular weight is 256 g/mol. The Hall–Kier alpha value is -1.23. The average Bonchev–Trinajstić information content (AvgIpc) is 2.76. The van der Waals surface area contributed by atoms with E-state index in [0.29, 0.717) is 0 Å². The van der Waals surface area contributed by atoms with Crippen LogP contribution in [0.3, 0.4) is 0 Å². The second kappa shape index (κ2) is 4.22. The number of imidazole rings is 1. The first kappa shape index (κ1) is 12.2. The van der Waals surface area contributed by atoms with Crippen molar-refractivity contribution in [2.75, 3.05) is 19.1 Å². The lowest BCUT2D eigenvalue weighted by Crippen LogP contribution is -2.28. The Morgan fingerprint density at radius 2 is 2.06 bits per heavy atom. The third kappa shape index (κ3) is 1.78. The zero-order valence-electron chi connectivity index (χ0n) is 10.9. The van der Waals surface area contributed by atoms with E-state index in [0.717, 1.165) is 29.2 Å². The van der Waals surface area contributed by atoms with Crippen LogP contribution in [0.1, 0.15) is 30.7 Å². The highest BCUT2D eigenvalue weighted by Crippen LogP contribution is 2.26.